The summed E-state index contributed by atoms with van der Waals surface area (Å²) in [6, 6.07) is 4.05. The third kappa shape index (κ3) is 2.31. The second-order valence-corrected chi connectivity index (χ2v) is 7.49. The van der Waals surface area contributed by atoms with E-state index in [0.717, 1.165) is 15.5 Å². The Morgan fingerprint density at radius 2 is 1.79 bits per heavy atom. The first-order chi connectivity index (χ1) is 8.99. The van der Waals surface area contributed by atoms with Crippen molar-refractivity contribution in [1.29, 1.82) is 0 Å². The Kier molecular flexibility index (Phi) is 3.38. The fraction of sp³-hybridized carbons (Fsp3) is 0.500. The van der Waals surface area contributed by atoms with Gasteiger partial charge in [-0.25, -0.2) is 4.79 Å². The summed E-state index contributed by atoms with van der Waals surface area (Å²) < 4.78 is 1.05. The molecular formula is C14H16Br2N2O. The molecule has 2 N–H and O–H groups in total. The Hall–Kier alpha value is -0.550. The summed E-state index contributed by atoms with van der Waals surface area (Å²) in [5.41, 5.74) is 3.07. The van der Waals surface area contributed by atoms with Gasteiger partial charge in [0, 0.05) is 9.30 Å². The van der Waals surface area contributed by atoms with Gasteiger partial charge in [0.25, 0.3) is 0 Å². The van der Waals surface area contributed by atoms with Crippen molar-refractivity contribution < 1.29 is 0 Å². The molecule has 5 heteroatoms. The molecule has 1 aromatic carbocycles. The third-order valence-electron chi connectivity index (χ3n) is 4.26. The standard InChI is InChI=1S/C14H16Br2N2O/c1-14(4-2-3-5-14)12(16)8-6-10-11(7-9(8)15)18-13(19)17-10/h6-7,12H,2-5H2,1H3,(H2,17,18,19). The van der Waals surface area contributed by atoms with Crippen LogP contribution in [0.5, 0.6) is 0 Å². The number of aromatic nitrogens is 2. The highest BCUT2D eigenvalue weighted by Crippen LogP contribution is 2.53. The fourth-order valence-electron chi connectivity index (χ4n) is 3.08. The van der Waals surface area contributed by atoms with Crippen molar-refractivity contribution in [3.05, 3.63) is 32.7 Å². The molecule has 0 amide bonds. The molecule has 1 aliphatic rings. The van der Waals surface area contributed by atoms with Gasteiger partial charge < -0.3 is 9.97 Å². The first-order valence-electron chi connectivity index (χ1n) is 6.55. The van der Waals surface area contributed by atoms with Gasteiger partial charge in [-0.05, 0) is 36.0 Å². The number of alkyl halides is 1. The monoisotopic (exact) mass is 386 g/mol. The average molecular weight is 388 g/mol. The SMILES string of the molecule is CC1(C(Br)c2cc3[nH]c(=O)[nH]c3cc2Br)CCCC1. The Balaban J connectivity index is 2.08. The predicted octanol–water partition coefficient (Wildman–Crippen LogP) is 4.64. The molecule has 0 bridgehead atoms. The molecule has 1 unspecified atom stereocenters. The molecule has 0 radical (unpaired) electrons. The van der Waals surface area contributed by atoms with E-state index in [9.17, 15) is 4.79 Å². The van der Waals surface area contributed by atoms with Crippen molar-refractivity contribution >= 4 is 42.9 Å². The summed E-state index contributed by atoms with van der Waals surface area (Å²) in [5, 5.41) is 0. The minimum absolute atomic E-state index is 0.155. The molecule has 0 aliphatic heterocycles. The van der Waals surface area contributed by atoms with E-state index in [0.29, 0.717) is 10.2 Å². The van der Waals surface area contributed by atoms with Crippen molar-refractivity contribution in [2.45, 2.75) is 37.4 Å². The maximum absolute atomic E-state index is 11.4. The van der Waals surface area contributed by atoms with E-state index in [1.165, 1.54) is 31.2 Å². The normalized spacial score (nSPS) is 19.9. The van der Waals surface area contributed by atoms with E-state index in [-0.39, 0.29) is 5.69 Å². The van der Waals surface area contributed by atoms with Crippen LogP contribution in [0.4, 0.5) is 0 Å². The molecule has 3 nitrogen and oxygen atoms in total. The molecular weight excluding hydrogens is 372 g/mol. The first kappa shape index (κ1) is 13.4. The molecule has 3 rings (SSSR count). The highest BCUT2D eigenvalue weighted by atomic mass is 79.9. The van der Waals surface area contributed by atoms with Crippen LogP contribution in [0.25, 0.3) is 11.0 Å². The number of imidazole rings is 1. The van der Waals surface area contributed by atoms with Gasteiger partial charge in [-0.1, -0.05) is 51.6 Å². The van der Waals surface area contributed by atoms with E-state index < -0.39 is 0 Å². The average Bonchev–Trinajstić information content (AvgIpc) is 2.93. The van der Waals surface area contributed by atoms with E-state index in [1.807, 2.05) is 6.07 Å². The highest BCUT2D eigenvalue weighted by Gasteiger charge is 2.37. The predicted molar refractivity (Wildman–Crippen MR) is 84.9 cm³/mol. The molecule has 0 spiro atoms. The first-order valence-corrected chi connectivity index (χ1v) is 8.26. The lowest BCUT2D eigenvalue weighted by Crippen LogP contribution is -2.18. The van der Waals surface area contributed by atoms with Crippen molar-refractivity contribution in [2.24, 2.45) is 5.41 Å². The number of hydrogen-bond donors (Lipinski definition) is 2. The summed E-state index contributed by atoms with van der Waals surface area (Å²) in [7, 11) is 0. The molecule has 102 valence electrons. The summed E-state index contributed by atoms with van der Waals surface area (Å²) in [5.74, 6) is 0. The van der Waals surface area contributed by atoms with E-state index in [1.54, 1.807) is 0 Å². The van der Waals surface area contributed by atoms with Gasteiger partial charge in [-0.2, -0.15) is 0 Å². The summed E-state index contributed by atoms with van der Waals surface area (Å²) in [4.78, 5) is 17.3. The van der Waals surface area contributed by atoms with Crippen LogP contribution in [0.3, 0.4) is 0 Å². The number of fused-ring (bicyclic) bond motifs is 1. The van der Waals surface area contributed by atoms with Gasteiger partial charge in [0.1, 0.15) is 0 Å². The molecule has 19 heavy (non-hydrogen) atoms. The van der Waals surface area contributed by atoms with Gasteiger partial charge in [-0.3, -0.25) is 0 Å². The molecule has 1 aliphatic carbocycles. The zero-order valence-corrected chi connectivity index (χ0v) is 13.9. The van der Waals surface area contributed by atoms with Crippen molar-refractivity contribution in [3.63, 3.8) is 0 Å². The number of rotatable bonds is 2. The second-order valence-electron chi connectivity index (χ2n) is 5.72. The molecule has 1 heterocycles. The van der Waals surface area contributed by atoms with Gasteiger partial charge >= 0.3 is 5.69 Å². The van der Waals surface area contributed by atoms with Crippen LogP contribution in [0.2, 0.25) is 0 Å². The number of benzene rings is 1. The van der Waals surface area contributed by atoms with Crippen LogP contribution in [0.1, 0.15) is 43.0 Å². The lowest BCUT2D eigenvalue weighted by Gasteiger charge is -2.30. The Labute approximate surface area is 128 Å². The van der Waals surface area contributed by atoms with E-state index >= 15 is 0 Å². The van der Waals surface area contributed by atoms with Gasteiger partial charge in [0.2, 0.25) is 0 Å². The Bertz CT molecular complexity index is 668. The van der Waals surface area contributed by atoms with Gasteiger partial charge in [0.15, 0.2) is 0 Å². The summed E-state index contributed by atoms with van der Waals surface area (Å²) in [6.07, 6.45) is 5.10. The molecule has 1 atom stereocenters. The van der Waals surface area contributed by atoms with Crippen LogP contribution in [0.15, 0.2) is 21.4 Å². The topological polar surface area (TPSA) is 48.6 Å². The molecule has 0 saturated heterocycles. The smallest absolute Gasteiger partial charge is 0.306 e. The van der Waals surface area contributed by atoms with Crippen LogP contribution in [-0.2, 0) is 0 Å². The van der Waals surface area contributed by atoms with Crippen LogP contribution >= 0.6 is 31.9 Å². The lowest BCUT2D eigenvalue weighted by atomic mass is 9.82. The van der Waals surface area contributed by atoms with E-state index in [4.69, 9.17) is 0 Å². The van der Waals surface area contributed by atoms with E-state index in [2.05, 4.69) is 54.8 Å². The number of H-pyrrole nitrogens is 2. The number of aromatic amines is 2. The molecule has 1 saturated carbocycles. The minimum atomic E-state index is -0.155. The molecule has 2 aromatic rings. The number of nitrogens with one attached hydrogen (secondary N) is 2. The summed E-state index contributed by atoms with van der Waals surface area (Å²) >= 11 is 7.51. The second kappa shape index (κ2) is 4.77. The summed E-state index contributed by atoms with van der Waals surface area (Å²) in [6.45, 7) is 2.34. The quantitative estimate of drug-likeness (QED) is 0.724. The van der Waals surface area contributed by atoms with Gasteiger partial charge in [-0.15, -0.1) is 0 Å². The van der Waals surface area contributed by atoms with Gasteiger partial charge in [0.05, 0.1) is 11.0 Å². The Morgan fingerprint density at radius 1 is 1.21 bits per heavy atom. The number of hydrogen-bond acceptors (Lipinski definition) is 1. The minimum Gasteiger partial charge on any atom is -0.306 e. The Morgan fingerprint density at radius 3 is 2.42 bits per heavy atom. The maximum Gasteiger partial charge on any atom is 0.323 e. The zero-order valence-electron chi connectivity index (χ0n) is 10.7. The molecule has 1 fully saturated rings. The van der Waals surface area contributed by atoms with Crippen LogP contribution in [0, 0.1) is 5.41 Å². The van der Waals surface area contributed by atoms with Crippen LogP contribution < -0.4 is 5.69 Å². The van der Waals surface area contributed by atoms with Crippen LogP contribution in [-0.4, -0.2) is 9.97 Å². The zero-order chi connectivity index (χ0) is 13.6. The largest absolute Gasteiger partial charge is 0.323 e. The third-order valence-corrected chi connectivity index (χ3v) is 6.55. The highest BCUT2D eigenvalue weighted by molar-refractivity contribution is 9.11. The lowest BCUT2D eigenvalue weighted by molar-refractivity contribution is 0.331. The van der Waals surface area contributed by atoms with Crippen molar-refractivity contribution in [3.8, 4) is 0 Å². The number of halogens is 2. The van der Waals surface area contributed by atoms with Crippen molar-refractivity contribution in [2.75, 3.05) is 0 Å². The van der Waals surface area contributed by atoms with Crippen molar-refractivity contribution in [1.82, 2.24) is 9.97 Å². The molecule has 1 aromatic heterocycles. The maximum atomic E-state index is 11.4. The fourth-order valence-corrected chi connectivity index (χ4v) is 4.79.